The minimum absolute atomic E-state index is 0.140. The van der Waals surface area contributed by atoms with Gasteiger partial charge in [-0.3, -0.25) is 9.59 Å². The fourth-order valence-corrected chi connectivity index (χ4v) is 3.16. The number of anilines is 1. The molecule has 0 aliphatic heterocycles. The van der Waals surface area contributed by atoms with Crippen LogP contribution in [0.4, 0.5) is 5.69 Å². The van der Waals surface area contributed by atoms with E-state index in [1.165, 1.54) is 0 Å². The number of fused-ring (bicyclic) bond motifs is 1. The van der Waals surface area contributed by atoms with Crippen molar-refractivity contribution < 1.29 is 9.59 Å². The fourth-order valence-electron chi connectivity index (χ4n) is 2.62. The summed E-state index contributed by atoms with van der Waals surface area (Å²) in [6.07, 6.45) is 0. The van der Waals surface area contributed by atoms with E-state index in [1.807, 2.05) is 24.3 Å². The van der Waals surface area contributed by atoms with Gasteiger partial charge in [-0.05, 0) is 40.8 Å². The summed E-state index contributed by atoms with van der Waals surface area (Å²) in [4.78, 5) is 27.3. The van der Waals surface area contributed by atoms with Crippen LogP contribution in [0.1, 0.15) is 20.7 Å². The number of rotatable bonds is 3. The first kappa shape index (κ1) is 15.7. The standard InChI is InChI=1S/C18H15IN2O2/c1-21(2)16-15(20-12-7-5-6-11(19)10-12)17(22)13-8-3-4-9-14(13)18(16)23/h3-10,20H,1-2H3. The summed E-state index contributed by atoms with van der Waals surface area (Å²) < 4.78 is 1.05. The van der Waals surface area contributed by atoms with Crippen molar-refractivity contribution in [1.82, 2.24) is 4.90 Å². The molecule has 0 amide bonds. The van der Waals surface area contributed by atoms with Crippen LogP contribution < -0.4 is 5.32 Å². The predicted molar refractivity (Wildman–Crippen MR) is 98.6 cm³/mol. The van der Waals surface area contributed by atoms with Gasteiger partial charge in [-0.1, -0.05) is 30.3 Å². The van der Waals surface area contributed by atoms with Crippen molar-refractivity contribution in [3.8, 4) is 0 Å². The number of ketones is 2. The lowest BCUT2D eigenvalue weighted by Gasteiger charge is -2.26. The van der Waals surface area contributed by atoms with E-state index < -0.39 is 0 Å². The zero-order valence-corrected chi connectivity index (χ0v) is 14.9. The molecular weight excluding hydrogens is 403 g/mol. The number of allylic oxidation sites excluding steroid dienone is 2. The second-order valence-corrected chi connectivity index (χ2v) is 6.70. The topological polar surface area (TPSA) is 49.4 Å². The lowest BCUT2D eigenvalue weighted by molar-refractivity contribution is 0.0953. The Balaban J connectivity index is 2.13. The van der Waals surface area contributed by atoms with Crippen molar-refractivity contribution in [2.75, 3.05) is 19.4 Å². The van der Waals surface area contributed by atoms with Crippen molar-refractivity contribution in [2.45, 2.75) is 0 Å². The Bertz CT molecular complexity index is 840. The number of nitrogens with zero attached hydrogens (tertiary/aromatic N) is 1. The summed E-state index contributed by atoms with van der Waals surface area (Å²) >= 11 is 2.21. The van der Waals surface area contributed by atoms with Crippen LogP contribution in [0, 0.1) is 3.57 Å². The molecule has 2 aromatic carbocycles. The minimum Gasteiger partial charge on any atom is -0.373 e. The third-order valence-electron chi connectivity index (χ3n) is 3.64. The van der Waals surface area contributed by atoms with Gasteiger partial charge in [-0.2, -0.15) is 0 Å². The first-order valence-electron chi connectivity index (χ1n) is 7.11. The number of hydrogen-bond acceptors (Lipinski definition) is 4. The molecule has 0 heterocycles. The maximum atomic E-state index is 12.9. The van der Waals surface area contributed by atoms with Gasteiger partial charge in [0, 0.05) is 34.5 Å². The molecule has 3 rings (SSSR count). The Morgan fingerprint density at radius 1 is 0.913 bits per heavy atom. The molecule has 0 unspecified atom stereocenters. The average molecular weight is 418 g/mol. The Labute approximate surface area is 148 Å². The molecule has 116 valence electrons. The Kier molecular flexibility index (Phi) is 4.21. The molecule has 0 aromatic heterocycles. The second kappa shape index (κ2) is 6.16. The van der Waals surface area contributed by atoms with Crippen LogP contribution in [-0.2, 0) is 0 Å². The molecule has 0 bridgehead atoms. The summed E-state index contributed by atoms with van der Waals surface area (Å²) in [7, 11) is 3.54. The average Bonchev–Trinajstić information content (AvgIpc) is 2.52. The summed E-state index contributed by atoms with van der Waals surface area (Å²) in [6.45, 7) is 0. The molecule has 1 aliphatic rings. The molecule has 5 heteroatoms. The van der Waals surface area contributed by atoms with Crippen LogP contribution in [0.25, 0.3) is 0 Å². The van der Waals surface area contributed by atoms with E-state index in [1.54, 1.807) is 43.3 Å². The first-order valence-corrected chi connectivity index (χ1v) is 8.19. The Hall–Kier alpha value is -2.15. The second-order valence-electron chi connectivity index (χ2n) is 5.46. The quantitative estimate of drug-likeness (QED) is 0.775. The number of likely N-dealkylation sites (N-methyl/N-ethyl adjacent to an activating group) is 1. The van der Waals surface area contributed by atoms with Gasteiger partial charge in [0.25, 0.3) is 0 Å². The van der Waals surface area contributed by atoms with Crippen LogP contribution in [0.2, 0.25) is 0 Å². The molecule has 2 aromatic rings. The van der Waals surface area contributed by atoms with Crippen molar-refractivity contribution >= 4 is 39.8 Å². The lowest BCUT2D eigenvalue weighted by Crippen LogP contribution is -2.32. The zero-order valence-electron chi connectivity index (χ0n) is 12.8. The number of benzene rings is 2. The van der Waals surface area contributed by atoms with E-state index in [4.69, 9.17) is 0 Å². The molecule has 1 aliphatic carbocycles. The normalized spacial score (nSPS) is 13.9. The number of carbonyl (C=O) groups excluding carboxylic acids is 2. The molecule has 0 fully saturated rings. The highest BCUT2D eigenvalue weighted by molar-refractivity contribution is 14.1. The molecule has 0 atom stereocenters. The van der Waals surface area contributed by atoms with E-state index in [2.05, 4.69) is 27.9 Å². The van der Waals surface area contributed by atoms with E-state index in [0.29, 0.717) is 22.5 Å². The van der Waals surface area contributed by atoms with Gasteiger partial charge in [0.2, 0.25) is 11.6 Å². The molecule has 1 N–H and O–H groups in total. The third-order valence-corrected chi connectivity index (χ3v) is 4.31. The van der Waals surface area contributed by atoms with Gasteiger partial charge < -0.3 is 10.2 Å². The zero-order chi connectivity index (χ0) is 16.6. The smallest absolute Gasteiger partial charge is 0.212 e. The minimum atomic E-state index is -0.164. The van der Waals surface area contributed by atoms with Crippen molar-refractivity contribution in [2.24, 2.45) is 0 Å². The van der Waals surface area contributed by atoms with E-state index in [-0.39, 0.29) is 11.6 Å². The summed E-state index contributed by atoms with van der Waals surface area (Å²) in [5, 5.41) is 3.14. The maximum absolute atomic E-state index is 12.9. The van der Waals surface area contributed by atoms with Crippen LogP contribution in [0.5, 0.6) is 0 Å². The van der Waals surface area contributed by atoms with Crippen LogP contribution in [0.15, 0.2) is 59.9 Å². The van der Waals surface area contributed by atoms with Gasteiger partial charge in [-0.15, -0.1) is 0 Å². The number of carbonyl (C=O) groups is 2. The SMILES string of the molecule is CN(C)C1=C(Nc2cccc(I)c2)C(=O)c2ccccc2C1=O. The van der Waals surface area contributed by atoms with Crippen LogP contribution >= 0.6 is 22.6 Å². The van der Waals surface area contributed by atoms with Gasteiger partial charge >= 0.3 is 0 Å². The van der Waals surface area contributed by atoms with E-state index >= 15 is 0 Å². The van der Waals surface area contributed by atoms with E-state index in [0.717, 1.165) is 9.26 Å². The number of hydrogen-bond donors (Lipinski definition) is 1. The number of halogens is 1. The van der Waals surface area contributed by atoms with Gasteiger partial charge in [0.1, 0.15) is 11.4 Å². The van der Waals surface area contributed by atoms with Crippen LogP contribution in [-0.4, -0.2) is 30.6 Å². The van der Waals surface area contributed by atoms with Crippen molar-refractivity contribution in [1.29, 1.82) is 0 Å². The first-order chi connectivity index (χ1) is 11.0. The lowest BCUT2D eigenvalue weighted by atomic mass is 9.90. The molecule has 0 saturated heterocycles. The Morgan fingerprint density at radius 3 is 2.17 bits per heavy atom. The molecule has 4 nitrogen and oxygen atoms in total. The predicted octanol–water partition coefficient (Wildman–Crippen LogP) is 3.56. The molecule has 0 saturated carbocycles. The molecule has 0 spiro atoms. The molecular formula is C18H15IN2O2. The fraction of sp³-hybridized carbons (Fsp3) is 0.111. The van der Waals surface area contributed by atoms with Crippen molar-refractivity contribution in [3.05, 3.63) is 74.6 Å². The molecule has 0 radical (unpaired) electrons. The molecule has 23 heavy (non-hydrogen) atoms. The van der Waals surface area contributed by atoms with Crippen LogP contribution in [0.3, 0.4) is 0 Å². The highest BCUT2D eigenvalue weighted by Gasteiger charge is 2.33. The van der Waals surface area contributed by atoms with Gasteiger partial charge in [-0.25, -0.2) is 0 Å². The highest BCUT2D eigenvalue weighted by Crippen LogP contribution is 2.28. The Morgan fingerprint density at radius 2 is 1.57 bits per heavy atom. The summed E-state index contributed by atoms with van der Waals surface area (Å²) in [5.41, 5.74) is 2.38. The summed E-state index contributed by atoms with van der Waals surface area (Å²) in [5.74, 6) is -0.305. The van der Waals surface area contributed by atoms with E-state index in [9.17, 15) is 9.59 Å². The summed E-state index contributed by atoms with van der Waals surface area (Å²) in [6, 6.07) is 14.6. The highest BCUT2D eigenvalue weighted by atomic mass is 127. The largest absolute Gasteiger partial charge is 0.373 e. The monoisotopic (exact) mass is 418 g/mol. The number of nitrogens with one attached hydrogen (secondary N) is 1. The number of Topliss-reactive ketones (excluding diaryl/α,β-unsaturated/α-hetero) is 2. The van der Waals surface area contributed by atoms with Crippen molar-refractivity contribution in [3.63, 3.8) is 0 Å². The van der Waals surface area contributed by atoms with Gasteiger partial charge in [0.15, 0.2) is 0 Å². The third kappa shape index (κ3) is 2.88. The maximum Gasteiger partial charge on any atom is 0.212 e. The van der Waals surface area contributed by atoms with Gasteiger partial charge in [0.05, 0.1) is 0 Å².